The number of nitrogens with zero attached hydrogens (tertiary/aromatic N) is 1. The number of hydrogen-bond donors (Lipinski definition) is 1. The molecule has 0 bridgehead atoms. The molecule has 3 aromatic carbocycles. The number of nitrogens with one attached hydrogen (secondary N) is 1. The van der Waals surface area contributed by atoms with Crippen LogP contribution in [0, 0.1) is 13.8 Å². The minimum atomic E-state index is -0.879. The summed E-state index contributed by atoms with van der Waals surface area (Å²) in [6, 6.07) is 14.2. The lowest BCUT2D eigenvalue weighted by atomic mass is 10.2. The molecular formula is C19H15N2O3-. The van der Waals surface area contributed by atoms with Crippen LogP contribution in [0.3, 0.4) is 0 Å². The predicted octanol–water partition coefficient (Wildman–Crippen LogP) is 1.95. The minimum absolute atomic E-state index is 0.255. The summed E-state index contributed by atoms with van der Waals surface area (Å²) in [6.07, 6.45) is 0. The highest BCUT2D eigenvalue weighted by Crippen LogP contribution is 2.18. The van der Waals surface area contributed by atoms with Crippen molar-refractivity contribution in [1.29, 1.82) is 0 Å². The van der Waals surface area contributed by atoms with Gasteiger partial charge in [0.15, 0.2) is 0 Å². The van der Waals surface area contributed by atoms with Gasteiger partial charge in [-0.1, -0.05) is 35.4 Å². The second kappa shape index (κ2) is 6.12. The Balaban J connectivity index is 2.07. The molecule has 0 aliphatic heterocycles. The fourth-order valence-corrected chi connectivity index (χ4v) is 2.29. The summed E-state index contributed by atoms with van der Waals surface area (Å²) < 4.78 is 0. The predicted molar refractivity (Wildman–Crippen MR) is 91.7 cm³/mol. The average Bonchev–Trinajstić information content (AvgIpc) is 2.76. The molecule has 0 saturated heterocycles. The van der Waals surface area contributed by atoms with Crippen LogP contribution in [0.4, 0.5) is 17.1 Å². The van der Waals surface area contributed by atoms with Crippen LogP contribution in [0.2, 0.25) is 0 Å². The van der Waals surface area contributed by atoms with Crippen molar-refractivity contribution < 1.29 is 5.11 Å². The van der Waals surface area contributed by atoms with E-state index in [1.807, 2.05) is 38.1 Å². The first-order valence-electron chi connectivity index (χ1n) is 7.45. The molecule has 0 radical (unpaired) electrons. The van der Waals surface area contributed by atoms with Crippen molar-refractivity contribution in [3.8, 4) is 5.75 Å². The van der Waals surface area contributed by atoms with E-state index in [-0.39, 0.29) is 11.0 Å². The van der Waals surface area contributed by atoms with Gasteiger partial charge >= 0.3 is 0 Å². The van der Waals surface area contributed by atoms with Gasteiger partial charge in [-0.2, -0.15) is 0 Å². The third-order valence-corrected chi connectivity index (χ3v) is 3.69. The van der Waals surface area contributed by atoms with Gasteiger partial charge in [0.1, 0.15) is 5.36 Å². The largest absolute Gasteiger partial charge is 0.869 e. The van der Waals surface area contributed by atoms with Gasteiger partial charge in [0.2, 0.25) is 0 Å². The van der Waals surface area contributed by atoms with Crippen molar-refractivity contribution in [2.45, 2.75) is 13.8 Å². The Labute approximate surface area is 138 Å². The highest BCUT2D eigenvalue weighted by molar-refractivity contribution is 5.66. The van der Waals surface area contributed by atoms with Gasteiger partial charge in [-0.15, -0.1) is 0 Å². The molecule has 0 unspecified atom stereocenters. The Morgan fingerprint density at radius 1 is 0.833 bits per heavy atom. The molecule has 0 aromatic heterocycles. The Kier molecular flexibility index (Phi) is 4.00. The molecule has 3 rings (SSSR count). The van der Waals surface area contributed by atoms with E-state index in [1.54, 1.807) is 24.3 Å². The summed E-state index contributed by atoms with van der Waals surface area (Å²) >= 11 is 0. The van der Waals surface area contributed by atoms with Crippen LogP contribution in [0.5, 0.6) is 5.75 Å². The molecule has 120 valence electrons. The lowest BCUT2D eigenvalue weighted by Crippen LogP contribution is -2.31. The first-order valence-corrected chi connectivity index (χ1v) is 7.45. The summed E-state index contributed by atoms with van der Waals surface area (Å²) in [5, 5.41) is 14.8. The fourth-order valence-electron chi connectivity index (χ4n) is 2.29. The van der Waals surface area contributed by atoms with Gasteiger partial charge in [0, 0.05) is 5.69 Å². The van der Waals surface area contributed by atoms with Crippen molar-refractivity contribution in [1.82, 2.24) is 0 Å². The van der Waals surface area contributed by atoms with Gasteiger partial charge in [-0.05, 0) is 43.9 Å². The number of anilines is 2. The number of hydrogen-bond acceptors (Lipinski definition) is 5. The lowest BCUT2D eigenvalue weighted by Gasteiger charge is -2.09. The van der Waals surface area contributed by atoms with E-state index in [9.17, 15) is 14.7 Å². The van der Waals surface area contributed by atoms with Gasteiger partial charge in [0.25, 0.3) is 10.9 Å². The molecular weight excluding hydrogens is 304 g/mol. The fraction of sp³-hybridized carbons (Fsp3) is 0.105. The van der Waals surface area contributed by atoms with Crippen LogP contribution in [-0.2, 0) is 0 Å². The van der Waals surface area contributed by atoms with Crippen molar-refractivity contribution in [3.63, 3.8) is 0 Å². The zero-order valence-corrected chi connectivity index (χ0v) is 13.3. The zero-order chi connectivity index (χ0) is 17.3. The highest BCUT2D eigenvalue weighted by atomic mass is 16.3. The molecule has 0 fully saturated rings. The van der Waals surface area contributed by atoms with Crippen molar-refractivity contribution in [3.05, 3.63) is 85.5 Å². The SMILES string of the molecule is Cc1ccc(N=c2c([O-])c(Nc3ccc(C)cc3)c(=O)c2=O)cc1. The number of rotatable bonds is 3. The minimum Gasteiger partial charge on any atom is -0.869 e. The van der Waals surface area contributed by atoms with Crippen LogP contribution in [0.25, 0.3) is 0 Å². The Morgan fingerprint density at radius 2 is 1.38 bits per heavy atom. The third kappa shape index (κ3) is 2.96. The first-order chi connectivity index (χ1) is 11.5. The Bertz CT molecular complexity index is 1030. The van der Waals surface area contributed by atoms with Gasteiger partial charge in [-0.25, -0.2) is 4.99 Å². The van der Waals surface area contributed by atoms with Crippen LogP contribution >= 0.6 is 0 Å². The van der Waals surface area contributed by atoms with Crippen molar-refractivity contribution in [2.24, 2.45) is 4.99 Å². The molecule has 0 heterocycles. The van der Waals surface area contributed by atoms with E-state index in [0.717, 1.165) is 11.1 Å². The highest BCUT2D eigenvalue weighted by Gasteiger charge is 2.12. The molecule has 24 heavy (non-hydrogen) atoms. The summed E-state index contributed by atoms with van der Waals surface area (Å²) in [5.74, 6) is -0.675. The topological polar surface area (TPSA) is 81.6 Å². The first kappa shape index (κ1) is 15.7. The van der Waals surface area contributed by atoms with Gasteiger partial charge in [0.05, 0.1) is 11.4 Å². The zero-order valence-electron chi connectivity index (χ0n) is 13.3. The smallest absolute Gasteiger partial charge is 0.252 e. The monoisotopic (exact) mass is 319 g/mol. The van der Waals surface area contributed by atoms with Crippen LogP contribution in [0.15, 0.2) is 63.1 Å². The van der Waals surface area contributed by atoms with E-state index in [4.69, 9.17) is 0 Å². The van der Waals surface area contributed by atoms with Gasteiger partial charge < -0.3 is 10.4 Å². The maximum absolute atomic E-state index is 12.4. The van der Waals surface area contributed by atoms with Crippen LogP contribution in [0.1, 0.15) is 11.1 Å². The van der Waals surface area contributed by atoms with E-state index in [1.165, 1.54) is 0 Å². The van der Waals surface area contributed by atoms with E-state index >= 15 is 0 Å². The average molecular weight is 319 g/mol. The Morgan fingerprint density at radius 3 is 1.96 bits per heavy atom. The summed E-state index contributed by atoms with van der Waals surface area (Å²) in [6.45, 7) is 3.85. The molecule has 0 amide bonds. The molecule has 0 atom stereocenters. The molecule has 0 aliphatic rings. The summed E-state index contributed by atoms with van der Waals surface area (Å²) in [4.78, 5) is 28.2. The van der Waals surface area contributed by atoms with Crippen molar-refractivity contribution in [2.75, 3.05) is 5.32 Å². The molecule has 0 spiro atoms. The lowest BCUT2D eigenvalue weighted by molar-refractivity contribution is -0.268. The maximum atomic E-state index is 12.4. The molecule has 3 aromatic rings. The molecule has 5 heteroatoms. The summed E-state index contributed by atoms with van der Waals surface area (Å²) in [7, 11) is 0. The van der Waals surface area contributed by atoms with E-state index < -0.39 is 16.6 Å². The van der Waals surface area contributed by atoms with Gasteiger partial charge in [-0.3, -0.25) is 9.59 Å². The normalized spacial score (nSPS) is 11.7. The van der Waals surface area contributed by atoms with E-state index in [2.05, 4.69) is 10.3 Å². The van der Waals surface area contributed by atoms with Crippen LogP contribution < -0.4 is 26.6 Å². The van der Waals surface area contributed by atoms with Crippen LogP contribution in [-0.4, -0.2) is 0 Å². The number of benzene rings is 2. The van der Waals surface area contributed by atoms with E-state index in [0.29, 0.717) is 11.4 Å². The molecule has 1 N–H and O–H groups in total. The molecule has 0 aliphatic carbocycles. The number of aryl methyl sites for hydroxylation is 2. The van der Waals surface area contributed by atoms with Crippen molar-refractivity contribution >= 4 is 17.1 Å². The maximum Gasteiger partial charge on any atom is 0.252 e. The molecule has 0 saturated carbocycles. The second-order valence-corrected chi connectivity index (χ2v) is 5.65. The quantitative estimate of drug-likeness (QED) is 0.748. The second-order valence-electron chi connectivity index (χ2n) is 5.65. The summed E-state index contributed by atoms with van der Waals surface area (Å²) in [5.41, 5.74) is 1.12. The Hall–Kier alpha value is -3.21. The third-order valence-electron chi connectivity index (χ3n) is 3.69. The molecule has 5 nitrogen and oxygen atoms in total. The standard InChI is InChI=1S/C19H16N2O3/c1-11-3-7-13(8-4-11)20-15-17(22)16(19(24)18(15)23)21-14-9-5-12(2)6-10-14/h3-10,20,22H,1-2H3/p-1.